The first-order valence-electron chi connectivity index (χ1n) is 6.95. The number of hydrogen-bond acceptors (Lipinski definition) is 4. The van der Waals surface area contributed by atoms with E-state index in [-0.39, 0.29) is 12.4 Å². The van der Waals surface area contributed by atoms with Crippen LogP contribution in [0.15, 0.2) is 47.6 Å². The monoisotopic (exact) mass is 332 g/mol. The number of hydrogen-bond donors (Lipinski definition) is 1. The standard InChI is InChI=1S/C17H17ClN2O3/c1-11-3-4-12(2)15(9-11)22-10-16(21)23-20-17(19)13-5-7-14(18)8-6-13/h3-9H,10H2,1-2H3,(H2,19,20). The fourth-order valence-corrected chi connectivity index (χ4v) is 1.93. The highest BCUT2D eigenvalue weighted by Gasteiger charge is 2.07. The van der Waals surface area contributed by atoms with E-state index in [1.165, 1.54) is 0 Å². The van der Waals surface area contributed by atoms with Crippen LogP contribution in [-0.4, -0.2) is 18.4 Å². The van der Waals surface area contributed by atoms with Gasteiger partial charge in [-0.25, -0.2) is 4.79 Å². The molecule has 0 spiro atoms. The Morgan fingerprint density at radius 1 is 1.17 bits per heavy atom. The van der Waals surface area contributed by atoms with Crippen LogP contribution in [0.25, 0.3) is 0 Å². The van der Waals surface area contributed by atoms with E-state index in [9.17, 15) is 4.79 Å². The summed E-state index contributed by atoms with van der Waals surface area (Å²) in [6, 6.07) is 12.5. The Labute approximate surface area is 139 Å². The Bertz CT molecular complexity index is 727. The number of carbonyl (C=O) groups excluding carboxylic acids is 1. The van der Waals surface area contributed by atoms with Gasteiger partial charge in [0.15, 0.2) is 12.4 Å². The average Bonchev–Trinajstić information content (AvgIpc) is 2.54. The molecule has 2 aromatic rings. The molecular weight excluding hydrogens is 316 g/mol. The second-order valence-corrected chi connectivity index (χ2v) is 5.44. The molecule has 120 valence electrons. The van der Waals surface area contributed by atoms with E-state index in [0.717, 1.165) is 11.1 Å². The fourth-order valence-electron chi connectivity index (χ4n) is 1.80. The molecule has 0 heterocycles. The fraction of sp³-hybridized carbons (Fsp3) is 0.176. The van der Waals surface area contributed by atoms with Crippen LogP contribution in [0.1, 0.15) is 16.7 Å². The highest BCUT2D eigenvalue weighted by molar-refractivity contribution is 6.30. The summed E-state index contributed by atoms with van der Waals surface area (Å²) in [5.74, 6) is 0.0844. The van der Waals surface area contributed by atoms with Gasteiger partial charge in [0.05, 0.1) is 0 Å². The lowest BCUT2D eigenvalue weighted by molar-refractivity contribution is -0.146. The average molecular weight is 333 g/mol. The Kier molecular flexibility index (Phi) is 5.60. The lowest BCUT2D eigenvalue weighted by atomic mass is 10.1. The van der Waals surface area contributed by atoms with E-state index >= 15 is 0 Å². The van der Waals surface area contributed by atoms with Crippen molar-refractivity contribution in [1.29, 1.82) is 0 Å². The normalized spacial score (nSPS) is 11.2. The lowest BCUT2D eigenvalue weighted by Crippen LogP contribution is -2.18. The number of nitrogens with two attached hydrogens (primary N) is 1. The summed E-state index contributed by atoms with van der Waals surface area (Å²) in [5, 5.41) is 4.18. The van der Waals surface area contributed by atoms with Crippen molar-refractivity contribution in [2.24, 2.45) is 10.9 Å². The van der Waals surface area contributed by atoms with Gasteiger partial charge < -0.3 is 15.3 Å². The van der Waals surface area contributed by atoms with Crippen LogP contribution in [-0.2, 0) is 9.63 Å². The molecule has 2 aromatic carbocycles. The first kappa shape index (κ1) is 16.8. The van der Waals surface area contributed by atoms with Crippen LogP contribution in [0.2, 0.25) is 5.02 Å². The molecule has 0 fully saturated rings. The van der Waals surface area contributed by atoms with Crippen molar-refractivity contribution in [3.05, 3.63) is 64.2 Å². The highest BCUT2D eigenvalue weighted by atomic mass is 35.5. The van der Waals surface area contributed by atoms with E-state index in [0.29, 0.717) is 16.3 Å². The second-order valence-electron chi connectivity index (χ2n) is 5.00. The number of aryl methyl sites for hydroxylation is 2. The first-order valence-corrected chi connectivity index (χ1v) is 7.33. The molecule has 5 nitrogen and oxygen atoms in total. The van der Waals surface area contributed by atoms with Gasteiger partial charge in [-0.3, -0.25) is 0 Å². The maximum atomic E-state index is 11.7. The second kappa shape index (κ2) is 7.65. The van der Waals surface area contributed by atoms with E-state index in [1.807, 2.05) is 32.0 Å². The van der Waals surface area contributed by atoms with Gasteiger partial charge in [0.25, 0.3) is 0 Å². The van der Waals surface area contributed by atoms with Crippen LogP contribution in [0.5, 0.6) is 5.75 Å². The molecular formula is C17H17ClN2O3. The molecule has 0 aliphatic rings. The minimum absolute atomic E-state index is 0.0850. The zero-order chi connectivity index (χ0) is 16.8. The number of oxime groups is 1. The Balaban J connectivity index is 1.90. The third-order valence-electron chi connectivity index (χ3n) is 3.07. The molecule has 0 aliphatic carbocycles. The van der Waals surface area contributed by atoms with E-state index in [2.05, 4.69) is 5.16 Å². The summed E-state index contributed by atoms with van der Waals surface area (Å²) in [7, 11) is 0. The molecule has 0 atom stereocenters. The Morgan fingerprint density at radius 2 is 1.87 bits per heavy atom. The number of amidine groups is 1. The molecule has 0 radical (unpaired) electrons. The molecule has 23 heavy (non-hydrogen) atoms. The predicted octanol–water partition coefficient (Wildman–Crippen LogP) is 3.20. The third kappa shape index (κ3) is 5.00. The topological polar surface area (TPSA) is 73.9 Å². The lowest BCUT2D eigenvalue weighted by Gasteiger charge is -2.08. The van der Waals surface area contributed by atoms with Gasteiger partial charge in [-0.05, 0) is 55.3 Å². The van der Waals surface area contributed by atoms with Gasteiger partial charge in [0.1, 0.15) is 5.75 Å². The molecule has 2 N–H and O–H groups in total. The number of carbonyl (C=O) groups is 1. The van der Waals surface area contributed by atoms with Crippen LogP contribution >= 0.6 is 11.6 Å². The first-order chi connectivity index (χ1) is 11.0. The number of halogens is 1. The molecule has 0 aromatic heterocycles. The number of rotatable bonds is 5. The van der Waals surface area contributed by atoms with Gasteiger partial charge >= 0.3 is 5.97 Å². The largest absolute Gasteiger partial charge is 0.482 e. The highest BCUT2D eigenvalue weighted by Crippen LogP contribution is 2.19. The predicted molar refractivity (Wildman–Crippen MR) is 89.7 cm³/mol. The van der Waals surface area contributed by atoms with E-state index in [4.69, 9.17) is 26.9 Å². The van der Waals surface area contributed by atoms with Gasteiger partial charge in [0.2, 0.25) is 0 Å². The Morgan fingerprint density at radius 3 is 2.57 bits per heavy atom. The molecule has 6 heteroatoms. The van der Waals surface area contributed by atoms with Crippen LogP contribution in [0, 0.1) is 13.8 Å². The SMILES string of the molecule is Cc1ccc(C)c(OCC(=O)O/N=C(\N)c2ccc(Cl)cc2)c1. The van der Waals surface area contributed by atoms with Crippen molar-refractivity contribution in [3.63, 3.8) is 0 Å². The quantitative estimate of drug-likeness (QED) is 0.395. The van der Waals surface area contributed by atoms with Crippen molar-refractivity contribution in [2.75, 3.05) is 6.61 Å². The van der Waals surface area contributed by atoms with Gasteiger partial charge in [0, 0.05) is 10.6 Å². The van der Waals surface area contributed by atoms with Crippen molar-refractivity contribution in [2.45, 2.75) is 13.8 Å². The van der Waals surface area contributed by atoms with Crippen LogP contribution in [0.4, 0.5) is 0 Å². The Hall–Kier alpha value is -2.53. The van der Waals surface area contributed by atoms with E-state index < -0.39 is 5.97 Å². The van der Waals surface area contributed by atoms with Crippen molar-refractivity contribution in [1.82, 2.24) is 0 Å². The molecule has 0 unspecified atom stereocenters. The van der Waals surface area contributed by atoms with E-state index in [1.54, 1.807) is 24.3 Å². The summed E-state index contributed by atoms with van der Waals surface area (Å²) in [5.41, 5.74) is 8.33. The minimum atomic E-state index is -0.636. The number of benzene rings is 2. The van der Waals surface area contributed by atoms with Crippen LogP contribution < -0.4 is 10.5 Å². The third-order valence-corrected chi connectivity index (χ3v) is 3.33. The molecule has 0 bridgehead atoms. The molecule has 2 rings (SSSR count). The molecule has 0 amide bonds. The van der Waals surface area contributed by atoms with Gasteiger partial charge in [-0.2, -0.15) is 0 Å². The summed E-state index contributed by atoms with van der Waals surface area (Å²) in [6.07, 6.45) is 0. The zero-order valence-electron chi connectivity index (χ0n) is 12.9. The summed E-state index contributed by atoms with van der Waals surface area (Å²) in [6.45, 7) is 3.60. The molecule has 0 aliphatic heterocycles. The number of nitrogens with zero attached hydrogens (tertiary/aromatic N) is 1. The van der Waals surface area contributed by atoms with Gasteiger partial charge in [-0.15, -0.1) is 0 Å². The number of ether oxygens (including phenoxy) is 1. The maximum Gasteiger partial charge on any atom is 0.372 e. The maximum absolute atomic E-state index is 11.7. The zero-order valence-corrected chi connectivity index (χ0v) is 13.6. The minimum Gasteiger partial charge on any atom is -0.482 e. The van der Waals surface area contributed by atoms with Crippen LogP contribution in [0.3, 0.4) is 0 Å². The smallest absolute Gasteiger partial charge is 0.372 e. The molecule has 0 saturated carbocycles. The molecule has 0 saturated heterocycles. The van der Waals surface area contributed by atoms with Gasteiger partial charge in [-0.1, -0.05) is 28.9 Å². The van der Waals surface area contributed by atoms with Crippen molar-refractivity contribution in [3.8, 4) is 5.75 Å². The summed E-state index contributed by atoms with van der Waals surface area (Å²) < 4.78 is 5.43. The summed E-state index contributed by atoms with van der Waals surface area (Å²) >= 11 is 5.78. The summed E-state index contributed by atoms with van der Waals surface area (Å²) in [4.78, 5) is 16.4. The van der Waals surface area contributed by atoms with Crippen molar-refractivity contribution >= 4 is 23.4 Å². The van der Waals surface area contributed by atoms with Crippen molar-refractivity contribution < 1.29 is 14.4 Å².